The van der Waals surface area contributed by atoms with Crippen molar-refractivity contribution in [1.29, 1.82) is 0 Å². The Kier molecular flexibility index (Phi) is 6.20. The van der Waals surface area contributed by atoms with Crippen molar-refractivity contribution in [3.8, 4) is 0 Å². The number of amides is 3. The van der Waals surface area contributed by atoms with E-state index in [-0.39, 0.29) is 23.2 Å². The molecule has 3 amide bonds. The summed E-state index contributed by atoms with van der Waals surface area (Å²) in [5.41, 5.74) is 0. The molecule has 0 saturated heterocycles. The lowest BCUT2D eigenvalue weighted by molar-refractivity contribution is -0.119. The molecular weight excluding hydrogens is 272 g/mol. The van der Waals surface area contributed by atoms with Gasteiger partial charge in [0.1, 0.15) is 0 Å². The van der Waals surface area contributed by atoms with Gasteiger partial charge in [-0.2, -0.15) is 0 Å². The summed E-state index contributed by atoms with van der Waals surface area (Å²) in [5.74, 6) is -0.157. The van der Waals surface area contributed by atoms with E-state index in [0.29, 0.717) is 5.25 Å². The zero-order chi connectivity index (χ0) is 14.4. The first kappa shape index (κ1) is 15.7. The van der Waals surface area contributed by atoms with Crippen molar-refractivity contribution >= 4 is 23.7 Å². The first-order chi connectivity index (χ1) is 9.65. The van der Waals surface area contributed by atoms with Crippen LogP contribution in [0.5, 0.6) is 0 Å². The van der Waals surface area contributed by atoms with Crippen LogP contribution in [0.2, 0.25) is 0 Å². The lowest BCUT2D eigenvalue weighted by atomic mass is 9.96. The second-order valence-electron chi connectivity index (χ2n) is 5.98. The highest BCUT2D eigenvalue weighted by atomic mass is 32.2. The molecule has 4 nitrogen and oxygen atoms in total. The van der Waals surface area contributed by atoms with Crippen LogP contribution in [0.3, 0.4) is 0 Å². The fourth-order valence-electron chi connectivity index (χ4n) is 3.06. The zero-order valence-corrected chi connectivity index (χ0v) is 13.1. The lowest BCUT2D eigenvalue weighted by Crippen LogP contribution is -2.47. The fourth-order valence-corrected chi connectivity index (χ4v) is 4.42. The molecule has 0 aromatic rings. The zero-order valence-electron chi connectivity index (χ0n) is 12.3. The standard InChI is InChI=1S/C15H26N2O2S/c1-11(20-13-9-5-6-10-13)14(18)17-15(19)16-12-7-3-2-4-8-12/h11-13H,2-10H2,1H3,(H2,16,17,18,19)/t11-/m1/s1. The van der Waals surface area contributed by atoms with Crippen molar-refractivity contribution in [2.24, 2.45) is 0 Å². The number of thioether (sulfide) groups is 1. The molecule has 114 valence electrons. The molecule has 0 unspecified atom stereocenters. The largest absolute Gasteiger partial charge is 0.335 e. The minimum Gasteiger partial charge on any atom is -0.335 e. The van der Waals surface area contributed by atoms with Gasteiger partial charge in [-0.05, 0) is 32.6 Å². The second kappa shape index (κ2) is 7.91. The van der Waals surface area contributed by atoms with E-state index < -0.39 is 0 Å². The Morgan fingerprint density at radius 3 is 2.25 bits per heavy atom. The maximum absolute atomic E-state index is 12.0. The van der Waals surface area contributed by atoms with Crippen molar-refractivity contribution < 1.29 is 9.59 Å². The molecule has 2 aliphatic carbocycles. The number of hydrogen-bond acceptors (Lipinski definition) is 3. The molecule has 2 saturated carbocycles. The molecule has 0 aromatic carbocycles. The predicted octanol–water partition coefficient (Wildman–Crippen LogP) is 3.21. The van der Waals surface area contributed by atoms with Gasteiger partial charge >= 0.3 is 6.03 Å². The molecule has 2 fully saturated rings. The maximum atomic E-state index is 12.0. The Hall–Kier alpha value is -0.710. The van der Waals surface area contributed by atoms with Crippen LogP contribution in [0.4, 0.5) is 4.79 Å². The van der Waals surface area contributed by atoms with Crippen molar-refractivity contribution in [1.82, 2.24) is 10.6 Å². The van der Waals surface area contributed by atoms with Gasteiger partial charge in [-0.15, -0.1) is 11.8 Å². The van der Waals surface area contributed by atoms with E-state index >= 15 is 0 Å². The van der Waals surface area contributed by atoms with Crippen molar-refractivity contribution in [3.05, 3.63) is 0 Å². The minimum absolute atomic E-state index is 0.143. The third-order valence-electron chi connectivity index (χ3n) is 4.25. The van der Waals surface area contributed by atoms with Crippen molar-refractivity contribution in [2.45, 2.75) is 81.3 Å². The first-order valence-corrected chi connectivity index (χ1v) is 8.86. The number of carbonyl (C=O) groups is 2. The predicted molar refractivity (Wildman–Crippen MR) is 82.9 cm³/mol. The second-order valence-corrected chi connectivity index (χ2v) is 7.63. The molecule has 20 heavy (non-hydrogen) atoms. The van der Waals surface area contributed by atoms with E-state index in [0.717, 1.165) is 12.8 Å². The summed E-state index contributed by atoms with van der Waals surface area (Å²) in [6.45, 7) is 1.90. The highest BCUT2D eigenvalue weighted by Gasteiger charge is 2.24. The van der Waals surface area contributed by atoms with Crippen LogP contribution in [0.25, 0.3) is 0 Å². The molecular formula is C15H26N2O2S. The van der Waals surface area contributed by atoms with Crippen molar-refractivity contribution in [3.63, 3.8) is 0 Å². The molecule has 0 radical (unpaired) electrons. The molecule has 2 N–H and O–H groups in total. The molecule has 2 aliphatic rings. The first-order valence-electron chi connectivity index (χ1n) is 7.92. The van der Waals surface area contributed by atoms with E-state index in [1.807, 2.05) is 6.92 Å². The smallest absolute Gasteiger partial charge is 0.321 e. The normalized spacial score (nSPS) is 22.4. The molecule has 0 aliphatic heterocycles. The Balaban J connectivity index is 1.67. The summed E-state index contributed by atoms with van der Waals surface area (Å²) >= 11 is 1.71. The van der Waals surface area contributed by atoms with Gasteiger partial charge < -0.3 is 5.32 Å². The number of imide groups is 1. The van der Waals surface area contributed by atoms with Gasteiger partial charge in [-0.25, -0.2) is 4.79 Å². The SMILES string of the molecule is C[C@@H](SC1CCCC1)C(=O)NC(=O)NC1CCCCC1. The fraction of sp³-hybridized carbons (Fsp3) is 0.867. The van der Waals surface area contributed by atoms with Gasteiger partial charge in [0.15, 0.2) is 0 Å². The Morgan fingerprint density at radius 1 is 1.00 bits per heavy atom. The van der Waals surface area contributed by atoms with Gasteiger partial charge in [0.05, 0.1) is 5.25 Å². The van der Waals surface area contributed by atoms with Gasteiger partial charge in [0, 0.05) is 11.3 Å². The molecule has 1 atom stereocenters. The quantitative estimate of drug-likeness (QED) is 0.838. The highest BCUT2D eigenvalue weighted by Crippen LogP contribution is 2.32. The Morgan fingerprint density at radius 2 is 1.60 bits per heavy atom. The van der Waals surface area contributed by atoms with E-state index in [2.05, 4.69) is 10.6 Å². The van der Waals surface area contributed by atoms with E-state index in [1.54, 1.807) is 11.8 Å². The number of hydrogen-bond donors (Lipinski definition) is 2. The average molecular weight is 298 g/mol. The average Bonchev–Trinajstić information content (AvgIpc) is 2.92. The van der Waals surface area contributed by atoms with Crippen molar-refractivity contribution in [2.75, 3.05) is 0 Å². The maximum Gasteiger partial charge on any atom is 0.321 e. The highest BCUT2D eigenvalue weighted by molar-refractivity contribution is 8.01. The monoisotopic (exact) mass is 298 g/mol. The number of rotatable bonds is 4. The number of nitrogens with one attached hydrogen (secondary N) is 2. The summed E-state index contributed by atoms with van der Waals surface area (Å²) in [7, 11) is 0. The van der Waals surface area contributed by atoms with Gasteiger partial charge in [-0.3, -0.25) is 10.1 Å². The number of carbonyl (C=O) groups excluding carboxylic acids is 2. The van der Waals surface area contributed by atoms with Crippen LogP contribution in [0.1, 0.15) is 64.7 Å². The summed E-state index contributed by atoms with van der Waals surface area (Å²) in [6, 6.07) is -0.0740. The van der Waals surface area contributed by atoms with Gasteiger partial charge in [-0.1, -0.05) is 32.1 Å². The third-order valence-corrected chi connectivity index (χ3v) is 5.72. The Bertz CT molecular complexity index is 337. The van der Waals surface area contributed by atoms with E-state index in [9.17, 15) is 9.59 Å². The molecule has 0 heterocycles. The summed E-state index contributed by atoms with van der Waals surface area (Å²) in [5, 5.41) is 5.86. The molecule has 5 heteroatoms. The Labute approximate surface area is 125 Å². The van der Waals surface area contributed by atoms with Crippen LogP contribution in [-0.2, 0) is 4.79 Å². The summed E-state index contributed by atoms with van der Waals surface area (Å²) in [4.78, 5) is 23.8. The van der Waals surface area contributed by atoms with Gasteiger partial charge in [0.25, 0.3) is 0 Å². The van der Waals surface area contributed by atoms with Crippen LogP contribution in [-0.4, -0.2) is 28.5 Å². The van der Waals surface area contributed by atoms with E-state index in [4.69, 9.17) is 0 Å². The van der Waals surface area contributed by atoms with Crippen LogP contribution >= 0.6 is 11.8 Å². The molecule has 0 spiro atoms. The summed E-state index contributed by atoms with van der Waals surface area (Å²) in [6.07, 6.45) is 10.6. The van der Waals surface area contributed by atoms with E-state index in [1.165, 1.54) is 44.9 Å². The molecule has 2 rings (SSSR count). The van der Waals surface area contributed by atoms with Crippen LogP contribution in [0, 0.1) is 0 Å². The minimum atomic E-state index is -0.319. The van der Waals surface area contributed by atoms with Gasteiger partial charge in [0.2, 0.25) is 5.91 Å². The number of urea groups is 1. The topological polar surface area (TPSA) is 58.2 Å². The third kappa shape index (κ3) is 5.00. The lowest BCUT2D eigenvalue weighted by Gasteiger charge is -2.23. The molecule has 0 aromatic heterocycles. The van der Waals surface area contributed by atoms with Crippen LogP contribution < -0.4 is 10.6 Å². The van der Waals surface area contributed by atoms with Crippen LogP contribution in [0.15, 0.2) is 0 Å². The summed E-state index contributed by atoms with van der Waals surface area (Å²) < 4.78 is 0. The molecule has 0 bridgehead atoms.